The molecule has 0 aliphatic carbocycles. The highest BCUT2D eigenvalue weighted by atomic mass is 32.1. The quantitative estimate of drug-likeness (QED) is 0.662. The molecule has 0 atom stereocenters. The standard InChI is InChI=1S/C17H18F3N5OS/c1-10-13(4-5-14(26)24(3)8-12-6-7-27-9-12)11(2)25-16(21-10)22-15(23-25)17(18,19)20/h6-7,9H,4-5,8H2,1-3H3. The third kappa shape index (κ3) is 4.10. The average Bonchev–Trinajstić information content (AvgIpc) is 3.23. The molecule has 27 heavy (non-hydrogen) atoms. The Bertz CT molecular complexity index is 965. The molecule has 0 saturated heterocycles. The van der Waals surface area contributed by atoms with Gasteiger partial charge in [-0.25, -0.2) is 9.50 Å². The van der Waals surface area contributed by atoms with Gasteiger partial charge in [0.05, 0.1) is 0 Å². The van der Waals surface area contributed by atoms with Crippen LogP contribution in [-0.2, 0) is 23.9 Å². The number of hydrogen-bond acceptors (Lipinski definition) is 5. The molecule has 3 rings (SSSR count). The molecule has 0 unspecified atom stereocenters. The van der Waals surface area contributed by atoms with Crippen LogP contribution in [0.15, 0.2) is 16.8 Å². The van der Waals surface area contributed by atoms with Crippen molar-refractivity contribution in [1.82, 2.24) is 24.5 Å². The fourth-order valence-corrected chi connectivity index (χ4v) is 3.52. The summed E-state index contributed by atoms with van der Waals surface area (Å²) in [6.07, 6.45) is -4.03. The maximum Gasteiger partial charge on any atom is 0.453 e. The molecule has 0 aliphatic rings. The molecular weight excluding hydrogens is 379 g/mol. The molecule has 144 valence electrons. The summed E-state index contributed by atoms with van der Waals surface area (Å²) < 4.78 is 39.6. The van der Waals surface area contributed by atoms with Crippen molar-refractivity contribution in [3.8, 4) is 0 Å². The zero-order chi connectivity index (χ0) is 19.8. The number of nitrogens with zero attached hydrogens (tertiary/aromatic N) is 5. The molecule has 0 spiro atoms. The summed E-state index contributed by atoms with van der Waals surface area (Å²) in [6.45, 7) is 3.88. The van der Waals surface area contributed by atoms with Crippen LogP contribution in [0.2, 0.25) is 0 Å². The summed E-state index contributed by atoms with van der Waals surface area (Å²) in [5, 5.41) is 7.46. The summed E-state index contributed by atoms with van der Waals surface area (Å²) in [7, 11) is 1.73. The van der Waals surface area contributed by atoms with Crippen LogP contribution in [0.3, 0.4) is 0 Å². The predicted molar refractivity (Wildman–Crippen MR) is 94.4 cm³/mol. The van der Waals surface area contributed by atoms with Crippen LogP contribution in [0.5, 0.6) is 0 Å². The summed E-state index contributed by atoms with van der Waals surface area (Å²) >= 11 is 1.57. The van der Waals surface area contributed by atoms with Gasteiger partial charge in [0.15, 0.2) is 0 Å². The Morgan fingerprint density at radius 1 is 1.30 bits per heavy atom. The minimum Gasteiger partial charge on any atom is -0.341 e. The Morgan fingerprint density at radius 2 is 2.04 bits per heavy atom. The average molecular weight is 397 g/mol. The van der Waals surface area contributed by atoms with Crippen molar-refractivity contribution in [1.29, 1.82) is 0 Å². The molecule has 6 nitrogen and oxygen atoms in total. The second kappa shape index (κ2) is 7.26. The third-order valence-electron chi connectivity index (χ3n) is 4.32. The lowest BCUT2D eigenvalue weighted by molar-refractivity contribution is -0.144. The monoisotopic (exact) mass is 397 g/mol. The molecule has 0 fully saturated rings. The van der Waals surface area contributed by atoms with Gasteiger partial charge in [0, 0.05) is 31.4 Å². The number of aryl methyl sites for hydroxylation is 2. The molecule has 3 aromatic heterocycles. The lowest BCUT2D eigenvalue weighted by atomic mass is 10.1. The molecule has 10 heteroatoms. The highest BCUT2D eigenvalue weighted by Gasteiger charge is 2.37. The van der Waals surface area contributed by atoms with Gasteiger partial charge in [-0.05, 0) is 48.2 Å². The Balaban J connectivity index is 1.77. The molecule has 1 amide bonds. The fraction of sp³-hybridized carbons (Fsp3) is 0.412. The normalized spacial score (nSPS) is 11.9. The SMILES string of the molecule is Cc1nc2nc(C(F)(F)F)nn2c(C)c1CCC(=O)N(C)Cc1ccsc1. The number of amides is 1. The van der Waals surface area contributed by atoms with E-state index in [0.29, 0.717) is 29.9 Å². The van der Waals surface area contributed by atoms with E-state index in [1.165, 1.54) is 0 Å². The fourth-order valence-electron chi connectivity index (χ4n) is 2.86. The highest BCUT2D eigenvalue weighted by Crippen LogP contribution is 2.27. The van der Waals surface area contributed by atoms with Crippen LogP contribution in [-0.4, -0.2) is 37.4 Å². The number of fused-ring (bicyclic) bond motifs is 1. The number of aromatic nitrogens is 4. The van der Waals surface area contributed by atoms with Crippen molar-refractivity contribution in [3.05, 3.63) is 45.2 Å². The van der Waals surface area contributed by atoms with E-state index in [9.17, 15) is 18.0 Å². The Labute approximate surface area is 157 Å². The van der Waals surface area contributed by atoms with E-state index in [2.05, 4.69) is 15.1 Å². The topological polar surface area (TPSA) is 63.4 Å². The molecule has 0 N–H and O–H groups in total. The van der Waals surface area contributed by atoms with Gasteiger partial charge in [0.25, 0.3) is 11.6 Å². The molecule has 0 bridgehead atoms. The number of hydrogen-bond donors (Lipinski definition) is 0. The number of carbonyl (C=O) groups excluding carboxylic acids is 1. The first-order chi connectivity index (χ1) is 12.7. The van der Waals surface area contributed by atoms with Gasteiger partial charge in [-0.2, -0.15) is 29.5 Å². The molecular formula is C17H18F3N5OS. The van der Waals surface area contributed by atoms with Crippen LogP contribution in [0, 0.1) is 13.8 Å². The number of rotatable bonds is 5. The molecule has 3 heterocycles. The van der Waals surface area contributed by atoms with E-state index in [1.807, 2.05) is 16.8 Å². The molecule has 0 radical (unpaired) electrons. The maximum atomic E-state index is 12.8. The van der Waals surface area contributed by atoms with Gasteiger partial charge in [0.1, 0.15) is 0 Å². The van der Waals surface area contributed by atoms with Gasteiger partial charge in [-0.3, -0.25) is 4.79 Å². The van der Waals surface area contributed by atoms with Gasteiger partial charge in [0.2, 0.25) is 5.91 Å². The number of carbonyl (C=O) groups is 1. The first-order valence-corrected chi connectivity index (χ1v) is 9.16. The Hall–Kier alpha value is -2.49. The predicted octanol–water partition coefficient (Wildman–Crippen LogP) is 3.41. The first-order valence-electron chi connectivity index (χ1n) is 8.22. The van der Waals surface area contributed by atoms with Crippen molar-refractivity contribution >= 4 is 23.0 Å². The minimum atomic E-state index is -4.63. The minimum absolute atomic E-state index is 0.0466. The van der Waals surface area contributed by atoms with E-state index < -0.39 is 12.0 Å². The molecule has 0 saturated carbocycles. The van der Waals surface area contributed by atoms with E-state index in [4.69, 9.17) is 0 Å². The lowest BCUT2D eigenvalue weighted by Crippen LogP contribution is -2.26. The second-order valence-electron chi connectivity index (χ2n) is 6.29. The second-order valence-corrected chi connectivity index (χ2v) is 7.07. The highest BCUT2D eigenvalue weighted by molar-refractivity contribution is 7.07. The smallest absolute Gasteiger partial charge is 0.341 e. The zero-order valence-corrected chi connectivity index (χ0v) is 15.9. The largest absolute Gasteiger partial charge is 0.453 e. The Kier molecular flexibility index (Phi) is 5.18. The molecule has 3 aromatic rings. The third-order valence-corrected chi connectivity index (χ3v) is 5.05. The van der Waals surface area contributed by atoms with Crippen molar-refractivity contribution in [2.75, 3.05) is 7.05 Å². The van der Waals surface area contributed by atoms with E-state index >= 15 is 0 Å². The maximum absolute atomic E-state index is 12.8. The van der Waals surface area contributed by atoms with E-state index in [0.717, 1.165) is 10.1 Å². The first kappa shape index (κ1) is 19.3. The summed E-state index contributed by atoms with van der Waals surface area (Å²) in [6, 6.07) is 1.96. The number of alkyl halides is 3. The summed E-state index contributed by atoms with van der Waals surface area (Å²) in [5.41, 5.74) is 2.83. The van der Waals surface area contributed by atoms with E-state index in [1.54, 1.807) is 37.1 Å². The Morgan fingerprint density at radius 3 is 2.67 bits per heavy atom. The summed E-state index contributed by atoms with van der Waals surface area (Å²) in [4.78, 5) is 21.6. The summed E-state index contributed by atoms with van der Waals surface area (Å²) in [5.74, 6) is -1.36. The number of halogens is 3. The van der Waals surface area contributed by atoms with Crippen molar-refractivity contribution in [3.63, 3.8) is 0 Å². The van der Waals surface area contributed by atoms with Gasteiger partial charge >= 0.3 is 6.18 Å². The van der Waals surface area contributed by atoms with Crippen LogP contribution < -0.4 is 0 Å². The molecule has 0 aromatic carbocycles. The number of thiophene rings is 1. The van der Waals surface area contributed by atoms with Crippen molar-refractivity contribution in [2.24, 2.45) is 0 Å². The van der Waals surface area contributed by atoms with Crippen LogP contribution >= 0.6 is 11.3 Å². The van der Waals surface area contributed by atoms with Crippen LogP contribution in [0.25, 0.3) is 5.78 Å². The van der Waals surface area contributed by atoms with Crippen molar-refractivity contribution in [2.45, 2.75) is 39.4 Å². The van der Waals surface area contributed by atoms with Crippen molar-refractivity contribution < 1.29 is 18.0 Å². The van der Waals surface area contributed by atoms with Gasteiger partial charge in [-0.1, -0.05) is 0 Å². The molecule has 0 aliphatic heterocycles. The lowest BCUT2D eigenvalue weighted by Gasteiger charge is -2.17. The van der Waals surface area contributed by atoms with Crippen LogP contribution in [0.1, 0.15) is 34.8 Å². The van der Waals surface area contributed by atoms with Gasteiger partial charge in [-0.15, -0.1) is 5.10 Å². The van der Waals surface area contributed by atoms with Crippen LogP contribution in [0.4, 0.5) is 13.2 Å². The van der Waals surface area contributed by atoms with E-state index in [-0.39, 0.29) is 18.1 Å². The zero-order valence-electron chi connectivity index (χ0n) is 15.0. The van der Waals surface area contributed by atoms with Gasteiger partial charge < -0.3 is 4.90 Å².